The van der Waals surface area contributed by atoms with Crippen LogP contribution in [-0.2, 0) is 11.3 Å². The van der Waals surface area contributed by atoms with Crippen LogP contribution in [0, 0.1) is 0 Å². The number of amides is 3. The molecule has 7 heteroatoms. The first-order valence-electron chi connectivity index (χ1n) is 7.81. The molecule has 0 unspecified atom stereocenters. The van der Waals surface area contributed by atoms with Crippen molar-refractivity contribution in [1.29, 1.82) is 0 Å². The predicted molar refractivity (Wildman–Crippen MR) is 82.7 cm³/mol. The molecule has 23 heavy (non-hydrogen) atoms. The number of urea groups is 1. The van der Waals surface area contributed by atoms with Crippen LogP contribution in [0.1, 0.15) is 31.2 Å². The number of fused-ring (bicyclic) bond motifs is 1. The van der Waals surface area contributed by atoms with E-state index in [-0.39, 0.29) is 18.5 Å². The number of hydrogen-bond acceptors (Lipinski definition) is 4. The summed E-state index contributed by atoms with van der Waals surface area (Å²) in [6, 6.07) is 3.17. The molecular weight excluding hydrogens is 320 g/mol. The monoisotopic (exact) mass is 336 g/mol. The van der Waals surface area contributed by atoms with Crippen molar-refractivity contribution in [3.63, 3.8) is 0 Å². The molecule has 1 saturated heterocycles. The molecule has 0 bridgehead atoms. The second-order valence-corrected chi connectivity index (χ2v) is 6.62. The highest BCUT2D eigenvalue weighted by Crippen LogP contribution is 2.40. The summed E-state index contributed by atoms with van der Waals surface area (Å²) in [6.45, 7) is 1.10. The van der Waals surface area contributed by atoms with Crippen molar-refractivity contribution in [3.8, 4) is 11.5 Å². The summed E-state index contributed by atoms with van der Waals surface area (Å²) in [5, 5.41) is 3.31. The molecule has 0 radical (unpaired) electrons. The average Bonchev–Trinajstić information content (AvgIpc) is 3.09. The van der Waals surface area contributed by atoms with Gasteiger partial charge < -0.3 is 14.8 Å². The molecule has 1 aromatic rings. The number of nitrogens with one attached hydrogen (secondary N) is 1. The van der Waals surface area contributed by atoms with E-state index in [0.29, 0.717) is 29.7 Å². The third-order valence-electron chi connectivity index (χ3n) is 4.70. The van der Waals surface area contributed by atoms with Crippen LogP contribution in [0.15, 0.2) is 12.1 Å². The number of rotatable bonds is 2. The highest BCUT2D eigenvalue weighted by molar-refractivity contribution is 6.32. The average molecular weight is 337 g/mol. The molecule has 1 aromatic carbocycles. The first kappa shape index (κ1) is 14.6. The van der Waals surface area contributed by atoms with E-state index in [1.165, 1.54) is 4.90 Å². The van der Waals surface area contributed by atoms with Crippen molar-refractivity contribution in [2.45, 2.75) is 37.8 Å². The lowest BCUT2D eigenvalue weighted by atomic mass is 9.98. The van der Waals surface area contributed by atoms with E-state index in [1.807, 2.05) is 0 Å². The van der Waals surface area contributed by atoms with Gasteiger partial charge in [-0.15, -0.1) is 0 Å². The summed E-state index contributed by atoms with van der Waals surface area (Å²) in [6.07, 6.45) is 3.37. The maximum absolute atomic E-state index is 12.7. The van der Waals surface area contributed by atoms with Crippen LogP contribution in [0.25, 0.3) is 0 Å². The standard InChI is InChI=1S/C16H17ClN2O4/c17-11-7-10(8-12-13(11)23-6-5-22-12)9-19-14(20)16(18-15(19)21)3-1-2-4-16/h7-8H,1-6,9H2,(H,18,21). The van der Waals surface area contributed by atoms with Gasteiger partial charge in [-0.05, 0) is 30.5 Å². The minimum atomic E-state index is -0.686. The fraction of sp³-hybridized carbons (Fsp3) is 0.500. The van der Waals surface area contributed by atoms with Crippen molar-refractivity contribution >= 4 is 23.5 Å². The molecule has 2 heterocycles. The van der Waals surface area contributed by atoms with Gasteiger partial charge in [0.25, 0.3) is 5.91 Å². The molecule has 0 atom stereocenters. The topological polar surface area (TPSA) is 67.9 Å². The Balaban J connectivity index is 1.60. The fourth-order valence-corrected chi connectivity index (χ4v) is 3.86. The Morgan fingerprint density at radius 3 is 2.70 bits per heavy atom. The van der Waals surface area contributed by atoms with Crippen molar-refractivity contribution in [2.24, 2.45) is 0 Å². The minimum absolute atomic E-state index is 0.133. The van der Waals surface area contributed by atoms with Crippen molar-refractivity contribution in [2.75, 3.05) is 13.2 Å². The zero-order valence-electron chi connectivity index (χ0n) is 12.6. The molecule has 3 amide bonds. The lowest BCUT2D eigenvalue weighted by Gasteiger charge is -2.22. The maximum atomic E-state index is 12.7. The fourth-order valence-electron chi connectivity index (χ4n) is 3.58. The first-order chi connectivity index (χ1) is 11.1. The van der Waals surface area contributed by atoms with Gasteiger partial charge in [-0.1, -0.05) is 24.4 Å². The summed E-state index contributed by atoms with van der Waals surface area (Å²) < 4.78 is 11.0. The minimum Gasteiger partial charge on any atom is -0.486 e. The molecule has 2 aliphatic heterocycles. The largest absolute Gasteiger partial charge is 0.486 e. The van der Waals surface area contributed by atoms with E-state index in [9.17, 15) is 9.59 Å². The van der Waals surface area contributed by atoms with Gasteiger partial charge in [0.2, 0.25) is 0 Å². The summed E-state index contributed by atoms with van der Waals surface area (Å²) >= 11 is 6.22. The van der Waals surface area contributed by atoms with Gasteiger partial charge in [0.15, 0.2) is 11.5 Å². The molecule has 4 rings (SSSR count). The van der Waals surface area contributed by atoms with Crippen LogP contribution in [-0.4, -0.2) is 35.6 Å². The number of nitrogens with zero attached hydrogens (tertiary/aromatic N) is 1. The van der Waals surface area contributed by atoms with Gasteiger partial charge in [0.05, 0.1) is 11.6 Å². The molecule has 1 spiro atoms. The van der Waals surface area contributed by atoms with Crippen molar-refractivity contribution < 1.29 is 19.1 Å². The van der Waals surface area contributed by atoms with Crippen LogP contribution in [0.5, 0.6) is 11.5 Å². The third-order valence-corrected chi connectivity index (χ3v) is 4.98. The van der Waals surface area contributed by atoms with Gasteiger partial charge >= 0.3 is 6.03 Å². The molecule has 6 nitrogen and oxygen atoms in total. The normalized spacial score (nSPS) is 21.9. The molecule has 122 valence electrons. The van der Waals surface area contributed by atoms with E-state index >= 15 is 0 Å². The maximum Gasteiger partial charge on any atom is 0.325 e. The van der Waals surface area contributed by atoms with E-state index in [1.54, 1.807) is 12.1 Å². The number of benzene rings is 1. The van der Waals surface area contributed by atoms with Crippen LogP contribution < -0.4 is 14.8 Å². The van der Waals surface area contributed by atoms with Crippen LogP contribution in [0.3, 0.4) is 0 Å². The number of imide groups is 1. The van der Waals surface area contributed by atoms with Crippen LogP contribution in [0.4, 0.5) is 4.79 Å². The van der Waals surface area contributed by atoms with Gasteiger partial charge in [-0.3, -0.25) is 9.69 Å². The Labute approximate surface area is 138 Å². The molecule has 3 aliphatic rings. The number of hydrogen-bond donors (Lipinski definition) is 1. The molecule has 1 saturated carbocycles. The summed E-state index contributed by atoms with van der Waals surface area (Å²) in [4.78, 5) is 26.2. The predicted octanol–water partition coefficient (Wildman–Crippen LogP) is 2.48. The summed E-state index contributed by atoms with van der Waals surface area (Å²) in [5.41, 5.74) is 0.0621. The lowest BCUT2D eigenvalue weighted by Crippen LogP contribution is -2.44. The Bertz CT molecular complexity index is 685. The quantitative estimate of drug-likeness (QED) is 0.842. The smallest absolute Gasteiger partial charge is 0.325 e. The lowest BCUT2D eigenvalue weighted by molar-refractivity contribution is -0.131. The van der Waals surface area contributed by atoms with E-state index in [0.717, 1.165) is 31.2 Å². The van der Waals surface area contributed by atoms with Gasteiger partial charge in [-0.25, -0.2) is 4.79 Å². The number of carbonyl (C=O) groups excluding carboxylic acids is 2. The van der Waals surface area contributed by atoms with Gasteiger partial charge in [-0.2, -0.15) is 0 Å². The molecule has 1 N–H and O–H groups in total. The highest BCUT2D eigenvalue weighted by Gasteiger charge is 2.52. The highest BCUT2D eigenvalue weighted by atomic mass is 35.5. The van der Waals surface area contributed by atoms with Gasteiger partial charge in [0, 0.05) is 0 Å². The summed E-state index contributed by atoms with van der Waals surface area (Å²) in [7, 11) is 0. The SMILES string of the molecule is O=C1NC2(CCCC2)C(=O)N1Cc1cc(Cl)c2c(c1)OCCO2. The van der Waals surface area contributed by atoms with E-state index in [4.69, 9.17) is 21.1 Å². The first-order valence-corrected chi connectivity index (χ1v) is 8.19. The second kappa shape index (κ2) is 5.30. The van der Waals surface area contributed by atoms with E-state index < -0.39 is 5.54 Å². The molecule has 2 fully saturated rings. The summed E-state index contributed by atoms with van der Waals surface area (Å²) in [5.74, 6) is 0.943. The molecule has 1 aliphatic carbocycles. The number of halogens is 1. The van der Waals surface area contributed by atoms with E-state index in [2.05, 4.69) is 5.32 Å². The Morgan fingerprint density at radius 1 is 1.17 bits per heavy atom. The number of carbonyl (C=O) groups is 2. The Hall–Kier alpha value is -1.95. The van der Waals surface area contributed by atoms with Crippen LogP contribution >= 0.6 is 11.6 Å². The third kappa shape index (κ3) is 2.32. The Kier molecular flexibility index (Phi) is 3.37. The van der Waals surface area contributed by atoms with Crippen molar-refractivity contribution in [3.05, 3.63) is 22.7 Å². The second-order valence-electron chi connectivity index (χ2n) is 6.21. The zero-order valence-corrected chi connectivity index (χ0v) is 13.3. The Morgan fingerprint density at radius 2 is 1.91 bits per heavy atom. The van der Waals surface area contributed by atoms with Gasteiger partial charge in [0.1, 0.15) is 18.8 Å². The molecular formula is C16H17ClN2O4. The van der Waals surface area contributed by atoms with Crippen LogP contribution in [0.2, 0.25) is 5.02 Å². The number of ether oxygens (including phenoxy) is 2. The van der Waals surface area contributed by atoms with Crippen molar-refractivity contribution in [1.82, 2.24) is 10.2 Å². The zero-order chi connectivity index (χ0) is 16.0. The molecule has 0 aromatic heterocycles.